The number of aryl methyl sites for hydroxylation is 1. The minimum Gasteiger partial charge on any atom is -0.466 e. The van der Waals surface area contributed by atoms with Crippen LogP contribution in [0.4, 0.5) is 0 Å². The highest BCUT2D eigenvalue weighted by Gasteiger charge is 2.03. The quantitative estimate of drug-likeness (QED) is 0.560. The van der Waals surface area contributed by atoms with Crippen LogP contribution in [-0.4, -0.2) is 22.6 Å². The Balaban J connectivity index is 2.72. The summed E-state index contributed by atoms with van der Waals surface area (Å²) in [6, 6.07) is 0. The van der Waals surface area contributed by atoms with Crippen molar-refractivity contribution in [2.45, 2.75) is 27.3 Å². The fourth-order valence-corrected chi connectivity index (χ4v) is 1.21. The number of rotatable bonds is 3. The van der Waals surface area contributed by atoms with E-state index in [0.717, 1.165) is 11.4 Å². The fourth-order valence-electron chi connectivity index (χ4n) is 1.21. The zero-order valence-electron chi connectivity index (χ0n) is 9.57. The van der Waals surface area contributed by atoms with Gasteiger partial charge in [0.2, 0.25) is 0 Å². The molecule has 0 bridgehead atoms. The van der Waals surface area contributed by atoms with Crippen molar-refractivity contribution in [3.63, 3.8) is 0 Å². The number of hydrogen-bond donors (Lipinski definition) is 0. The van der Waals surface area contributed by atoms with Crippen molar-refractivity contribution in [3.05, 3.63) is 29.4 Å². The molecule has 1 heterocycles. The summed E-state index contributed by atoms with van der Waals surface area (Å²) in [6.45, 7) is 6.35. The van der Waals surface area contributed by atoms with E-state index in [1.165, 1.54) is 7.11 Å². The lowest BCUT2D eigenvalue weighted by atomic mass is 10.3. The number of esters is 1. The predicted molar refractivity (Wildman–Crippen MR) is 57.5 cm³/mol. The highest BCUT2D eigenvalue weighted by Crippen LogP contribution is 2.05. The first-order chi connectivity index (χ1) is 7.06. The molecule has 0 aliphatic heterocycles. The molecule has 0 atom stereocenters. The van der Waals surface area contributed by atoms with E-state index < -0.39 is 0 Å². The van der Waals surface area contributed by atoms with Crippen LogP contribution in [0.5, 0.6) is 0 Å². The zero-order valence-corrected chi connectivity index (χ0v) is 9.57. The lowest BCUT2D eigenvalue weighted by molar-refractivity contribution is -0.136. The Kier molecular flexibility index (Phi) is 3.66. The summed E-state index contributed by atoms with van der Waals surface area (Å²) in [7, 11) is 1.38. The molecule has 0 spiro atoms. The average Bonchev–Trinajstić information content (AvgIpc) is 2.55. The molecule has 4 heteroatoms. The first-order valence-corrected chi connectivity index (χ1v) is 4.79. The van der Waals surface area contributed by atoms with E-state index in [1.54, 1.807) is 13.3 Å². The monoisotopic (exact) mass is 208 g/mol. The lowest BCUT2D eigenvalue weighted by Crippen LogP contribution is -2.04. The second-order valence-electron chi connectivity index (χ2n) is 3.45. The zero-order chi connectivity index (χ0) is 11.4. The summed E-state index contributed by atoms with van der Waals surface area (Å²) in [5.74, 6) is -0.288. The number of ether oxygens (including phenoxy) is 1. The van der Waals surface area contributed by atoms with Crippen molar-refractivity contribution in [3.8, 4) is 0 Å². The van der Waals surface area contributed by atoms with Crippen molar-refractivity contribution in [2.24, 2.45) is 0 Å². The van der Waals surface area contributed by atoms with Gasteiger partial charge < -0.3 is 9.30 Å². The molecule has 0 aliphatic carbocycles. The number of aromatic nitrogens is 2. The number of nitrogens with zero attached hydrogens (tertiary/aromatic N) is 2. The van der Waals surface area contributed by atoms with Crippen molar-refractivity contribution in [2.75, 3.05) is 7.11 Å². The fraction of sp³-hybridized carbons (Fsp3) is 0.455. The maximum Gasteiger partial charge on any atom is 0.333 e. The second-order valence-corrected chi connectivity index (χ2v) is 3.45. The summed E-state index contributed by atoms with van der Waals surface area (Å²) in [6.07, 6.45) is 3.60. The van der Waals surface area contributed by atoms with E-state index in [0.29, 0.717) is 12.1 Å². The highest BCUT2D eigenvalue weighted by molar-refractivity contribution is 5.87. The Morgan fingerprint density at radius 1 is 1.60 bits per heavy atom. The molecule has 0 unspecified atom stereocenters. The molecule has 0 aliphatic rings. The van der Waals surface area contributed by atoms with Crippen LogP contribution in [0.2, 0.25) is 0 Å². The smallest absolute Gasteiger partial charge is 0.333 e. The van der Waals surface area contributed by atoms with E-state index in [4.69, 9.17) is 0 Å². The van der Waals surface area contributed by atoms with Gasteiger partial charge in [-0.1, -0.05) is 6.08 Å². The summed E-state index contributed by atoms with van der Waals surface area (Å²) in [4.78, 5) is 15.3. The summed E-state index contributed by atoms with van der Waals surface area (Å²) in [5.41, 5.74) is 2.74. The molecule has 0 saturated carbocycles. The minimum absolute atomic E-state index is 0.288. The van der Waals surface area contributed by atoms with E-state index in [1.807, 2.05) is 24.5 Å². The molecule has 1 aromatic heterocycles. The van der Waals surface area contributed by atoms with Crippen LogP contribution in [-0.2, 0) is 16.1 Å². The Morgan fingerprint density at radius 2 is 2.27 bits per heavy atom. The molecule has 0 aromatic carbocycles. The standard InChI is InChI=1S/C11H16N2O2/c1-8(11(14)15-4)5-6-13-7-12-9(2)10(13)3/h5,7H,6H2,1-4H3. The van der Waals surface area contributed by atoms with Crippen LogP contribution >= 0.6 is 0 Å². The number of hydrogen-bond acceptors (Lipinski definition) is 3. The van der Waals surface area contributed by atoms with Gasteiger partial charge in [0.25, 0.3) is 0 Å². The third kappa shape index (κ3) is 2.68. The minimum atomic E-state index is -0.288. The Labute approximate surface area is 89.6 Å². The molecular weight excluding hydrogens is 192 g/mol. The molecule has 1 rings (SSSR count). The summed E-state index contributed by atoms with van der Waals surface area (Å²) >= 11 is 0. The maximum absolute atomic E-state index is 11.1. The number of allylic oxidation sites excluding steroid dienone is 1. The maximum atomic E-state index is 11.1. The third-order valence-corrected chi connectivity index (χ3v) is 2.45. The van der Waals surface area contributed by atoms with Gasteiger partial charge in [-0.25, -0.2) is 9.78 Å². The first kappa shape index (κ1) is 11.5. The molecule has 1 aromatic rings. The van der Waals surface area contributed by atoms with Crippen LogP contribution in [0.15, 0.2) is 18.0 Å². The molecule has 0 saturated heterocycles. The van der Waals surface area contributed by atoms with Gasteiger partial charge in [0, 0.05) is 17.8 Å². The molecule has 0 amide bonds. The molecule has 15 heavy (non-hydrogen) atoms. The molecular formula is C11H16N2O2. The third-order valence-electron chi connectivity index (χ3n) is 2.45. The molecule has 0 fully saturated rings. The van der Waals surface area contributed by atoms with Crippen molar-refractivity contribution in [1.29, 1.82) is 0 Å². The van der Waals surface area contributed by atoms with Crippen molar-refractivity contribution < 1.29 is 9.53 Å². The van der Waals surface area contributed by atoms with Gasteiger partial charge in [-0.3, -0.25) is 0 Å². The molecule has 0 N–H and O–H groups in total. The highest BCUT2D eigenvalue weighted by atomic mass is 16.5. The number of imidazole rings is 1. The van der Waals surface area contributed by atoms with Gasteiger partial charge in [0.15, 0.2) is 0 Å². The largest absolute Gasteiger partial charge is 0.466 e. The number of methoxy groups -OCH3 is 1. The first-order valence-electron chi connectivity index (χ1n) is 4.79. The van der Waals surface area contributed by atoms with Crippen molar-refractivity contribution >= 4 is 5.97 Å². The van der Waals surface area contributed by atoms with Crippen LogP contribution in [0.1, 0.15) is 18.3 Å². The SMILES string of the molecule is COC(=O)C(C)=CCn1cnc(C)c1C. The van der Waals surface area contributed by atoms with Gasteiger partial charge in [-0.15, -0.1) is 0 Å². The molecule has 0 radical (unpaired) electrons. The normalized spacial score (nSPS) is 11.6. The topological polar surface area (TPSA) is 44.1 Å². The molecule has 4 nitrogen and oxygen atoms in total. The summed E-state index contributed by atoms with van der Waals surface area (Å²) in [5, 5.41) is 0. The number of carbonyl (C=O) groups excluding carboxylic acids is 1. The van der Waals surface area contributed by atoms with Crippen LogP contribution in [0.3, 0.4) is 0 Å². The van der Waals surface area contributed by atoms with Gasteiger partial charge in [-0.05, 0) is 20.8 Å². The van der Waals surface area contributed by atoms with Crippen LogP contribution in [0, 0.1) is 13.8 Å². The van der Waals surface area contributed by atoms with Crippen LogP contribution in [0.25, 0.3) is 0 Å². The van der Waals surface area contributed by atoms with E-state index in [9.17, 15) is 4.79 Å². The Bertz CT molecular complexity index is 391. The summed E-state index contributed by atoms with van der Waals surface area (Å²) < 4.78 is 6.59. The van der Waals surface area contributed by atoms with E-state index in [2.05, 4.69) is 9.72 Å². The predicted octanol–water partition coefficient (Wildman–Crippen LogP) is 1.62. The Hall–Kier alpha value is -1.58. The van der Waals surface area contributed by atoms with Gasteiger partial charge in [0.05, 0.1) is 19.1 Å². The average molecular weight is 208 g/mol. The van der Waals surface area contributed by atoms with Gasteiger partial charge in [0.1, 0.15) is 0 Å². The second kappa shape index (κ2) is 4.77. The molecule has 82 valence electrons. The van der Waals surface area contributed by atoms with E-state index in [-0.39, 0.29) is 5.97 Å². The Morgan fingerprint density at radius 3 is 2.73 bits per heavy atom. The van der Waals surface area contributed by atoms with E-state index >= 15 is 0 Å². The van der Waals surface area contributed by atoms with Gasteiger partial charge in [-0.2, -0.15) is 0 Å². The van der Waals surface area contributed by atoms with Gasteiger partial charge >= 0.3 is 5.97 Å². The number of carbonyl (C=O) groups is 1. The van der Waals surface area contributed by atoms with Crippen molar-refractivity contribution in [1.82, 2.24) is 9.55 Å². The van der Waals surface area contributed by atoms with Crippen LogP contribution < -0.4 is 0 Å². The lowest BCUT2D eigenvalue weighted by Gasteiger charge is -2.02.